The van der Waals surface area contributed by atoms with E-state index in [4.69, 9.17) is 4.74 Å². The molecule has 2 saturated carbocycles. The quantitative estimate of drug-likeness (QED) is 0.507. The number of ketones is 2. The molecule has 7 heteroatoms. The SMILES string of the molecule is COC(=O)CC[C@@H](C)[C@H]1CC(=O)[C@@]2(C)C3=C(C(=O)C[C@]12C)[C@@]1(C)CC[C@H](O)[C@](C)(CO)[C@H]1C[C@@H]3O. The normalized spacial score (nSPS) is 46.1. The molecule has 9 atom stereocenters. The summed E-state index contributed by atoms with van der Waals surface area (Å²) in [4.78, 5) is 39.6. The number of ether oxygens (including phenoxy) is 1. The number of Topliss-reactive ketones (excluding diaryl/α,β-unsaturated/α-hetero) is 2. The highest BCUT2D eigenvalue weighted by Gasteiger charge is 2.70. The Morgan fingerprint density at radius 2 is 1.83 bits per heavy atom. The molecule has 0 radical (unpaired) electrons. The lowest BCUT2D eigenvalue weighted by molar-refractivity contribution is -0.151. The van der Waals surface area contributed by atoms with Gasteiger partial charge in [-0.3, -0.25) is 14.4 Å². The first-order valence-electron chi connectivity index (χ1n) is 13.1. The number of fused-ring (bicyclic) bond motifs is 4. The number of methoxy groups -OCH3 is 1. The number of carbonyl (C=O) groups is 3. The lowest BCUT2D eigenvalue weighted by Gasteiger charge is -2.62. The number of aliphatic hydroxyl groups is 3. The molecule has 196 valence electrons. The first kappa shape index (κ1) is 26.5. The minimum absolute atomic E-state index is 0.0252. The largest absolute Gasteiger partial charge is 0.469 e. The van der Waals surface area contributed by atoms with Crippen LogP contribution in [0.25, 0.3) is 0 Å². The predicted octanol–water partition coefficient (Wildman–Crippen LogP) is 2.99. The summed E-state index contributed by atoms with van der Waals surface area (Å²) in [7, 11) is 1.36. The van der Waals surface area contributed by atoms with Gasteiger partial charge < -0.3 is 20.1 Å². The van der Waals surface area contributed by atoms with Gasteiger partial charge in [-0.15, -0.1) is 0 Å². The van der Waals surface area contributed by atoms with E-state index in [0.717, 1.165) is 0 Å². The fraction of sp³-hybridized carbons (Fsp3) is 0.821. The van der Waals surface area contributed by atoms with Crippen molar-refractivity contribution in [2.45, 2.75) is 91.8 Å². The van der Waals surface area contributed by atoms with Crippen molar-refractivity contribution in [1.82, 2.24) is 0 Å². The topological polar surface area (TPSA) is 121 Å². The molecule has 0 aliphatic heterocycles. The molecule has 4 aliphatic rings. The van der Waals surface area contributed by atoms with Crippen molar-refractivity contribution in [2.24, 2.45) is 39.4 Å². The molecular formula is C28H42O7. The van der Waals surface area contributed by atoms with E-state index in [-0.39, 0.29) is 54.7 Å². The van der Waals surface area contributed by atoms with Crippen molar-refractivity contribution >= 4 is 17.5 Å². The number of aliphatic hydroxyl groups excluding tert-OH is 3. The summed E-state index contributed by atoms with van der Waals surface area (Å²) in [5.41, 5.74) is -1.93. The van der Waals surface area contributed by atoms with Crippen LogP contribution < -0.4 is 0 Å². The van der Waals surface area contributed by atoms with Crippen LogP contribution in [0, 0.1) is 39.4 Å². The third-order valence-electron chi connectivity index (χ3n) is 11.2. The second-order valence-corrected chi connectivity index (χ2v) is 12.7. The molecule has 0 aromatic heterocycles. The van der Waals surface area contributed by atoms with Gasteiger partial charge in [-0.25, -0.2) is 0 Å². The summed E-state index contributed by atoms with van der Waals surface area (Å²) in [5.74, 6) is -0.588. The molecule has 7 nitrogen and oxygen atoms in total. The van der Waals surface area contributed by atoms with Crippen LogP contribution in [0.3, 0.4) is 0 Å². The minimum atomic E-state index is -0.985. The Hall–Kier alpha value is -1.57. The fourth-order valence-corrected chi connectivity index (χ4v) is 8.80. The number of hydrogen-bond donors (Lipinski definition) is 3. The van der Waals surface area contributed by atoms with Gasteiger partial charge in [-0.1, -0.05) is 27.7 Å². The zero-order chi connectivity index (χ0) is 26.1. The molecule has 0 aromatic rings. The molecule has 4 rings (SSSR count). The molecule has 2 fully saturated rings. The van der Waals surface area contributed by atoms with Crippen molar-refractivity contribution in [3.63, 3.8) is 0 Å². The number of allylic oxidation sites excluding steroid dienone is 1. The third-order valence-corrected chi connectivity index (χ3v) is 11.2. The van der Waals surface area contributed by atoms with Gasteiger partial charge in [0.1, 0.15) is 5.78 Å². The zero-order valence-electron chi connectivity index (χ0n) is 22.0. The van der Waals surface area contributed by atoms with Gasteiger partial charge in [-0.2, -0.15) is 0 Å². The third kappa shape index (κ3) is 3.37. The van der Waals surface area contributed by atoms with E-state index in [1.807, 2.05) is 34.6 Å². The summed E-state index contributed by atoms with van der Waals surface area (Å²) in [6, 6.07) is 0. The van der Waals surface area contributed by atoms with Crippen molar-refractivity contribution in [1.29, 1.82) is 0 Å². The maximum atomic E-state index is 14.0. The lowest BCUT2D eigenvalue weighted by atomic mass is 9.42. The van der Waals surface area contributed by atoms with Crippen LogP contribution >= 0.6 is 0 Å². The number of carbonyl (C=O) groups excluding carboxylic acids is 3. The molecular weight excluding hydrogens is 448 g/mol. The minimum Gasteiger partial charge on any atom is -0.469 e. The van der Waals surface area contributed by atoms with Crippen LogP contribution in [0.15, 0.2) is 11.1 Å². The molecule has 0 amide bonds. The standard InChI is InChI=1S/C28H42O7/c1-15(7-8-22(34)35-6)16-11-21(33)28(5)24-17(30)12-19-25(2,10-9-20(32)26(19,3)14-29)23(24)18(31)13-27(16,28)4/h15-17,19-20,29-30,32H,7-14H2,1-6H3/t15-,16-,17+,19+,20+,25+,26-,27-,28+/m1/s1. The zero-order valence-corrected chi connectivity index (χ0v) is 22.0. The van der Waals surface area contributed by atoms with Gasteiger partial charge >= 0.3 is 5.97 Å². The maximum Gasteiger partial charge on any atom is 0.305 e. The Morgan fingerprint density at radius 3 is 2.43 bits per heavy atom. The molecule has 35 heavy (non-hydrogen) atoms. The van der Waals surface area contributed by atoms with Gasteiger partial charge in [0, 0.05) is 30.3 Å². The Bertz CT molecular complexity index is 970. The number of rotatable bonds is 5. The van der Waals surface area contributed by atoms with Crippen LogP contribution in [-0.4, -0.2) is 58.8 Å². The van der Waals surface area contributed by atoms with Gasteiger partial charge in [0.2, 0.25) is 0 Å². The summed E-state index contributed by atoms with van der Waals surface area (Å²) in [6.07, 6.45) is 1.01. The Morgan fingerprint density at radius 1 is 1.17 bits per heavy atom. The first-order valence-corrected chi connectivity index (χ1v) is 13.1. The van der Waals surface area contributed by atoms with E-state index in [2.05, 4.69) is 0 Å². The number of esters is 1. The molecule has 0 spiro atoms. The molecule has 0 bridgehead atoms. The average molecular weight is 491 g/mol. The highest BCUT2D eigenvalue weighted by atomic mass is 16.5. The molecule has 0 aromatic carbocycles. The van der Waals surface area contributed by atoms with Crippen LogP contribution in [0.5, 0.6) is 0 Å². The second kappa shape index (κ2) is 8.49. The molecule has 0 unspecified atom stereocenters. The fourth-order valence-electron chi connectivity index (χ4n) is 8.80. The van der Waals surface area contributed by atoms with Gasteiger partial charge in [0.25, 0.3) is 0 Å². The monoisotopic (exact) mass is 490 g/mol. The van der Waals surface area contributed by atoms with Gasteiger partial charge in [0.15, 0.2) is 5.78 Å². The maximum absolute atomic E-state index is 14.0. The predicted molar refractivity (Wildman–Crippen MR) is 129 cm³/mol. The van der Waals surface area contributed by atoms with Crippen molar-refractivity contribution in [3.8, 4) is 0 Å². The number of hydrogen-bond acceptors (Lipinski definition) is 7. The van der Waals surface area contributed by atoms with Gasteiger partial charge in [-0.05, 0) is 66.8 Å². The van der Waals surface area contributed by atoms with Crippen molar-refractivity contribution in [3.05, 3.63) is 11.1 Å². The molecule has 0 heterocycles. The second-order valence-electron chi connectivity index (χ2n) is 12.7. The summed E-state index contributed by atoms with van der Waals surface area (Å²) in [5, 5.41) is 32.6. The molecule has 3 N–H and O–H groups in total. The molecule has 0 saturated heterocycles. The van der Waals surface area contributed by atoms with Crippen LogP contribution in [0.2, 0.25) is 0 Å². The summed E-state index contributed by atoms with van der Waals surface area (Å²) in [6.45, 7) is 9.61. The van der Waals surface area contributed by atoms with E-state index in [9.17, 15) is 29.7 Å². The van der Waals surface area contributed by atoms with Crippen LogP contribution in [-0.2, 0) is 19.1 Å². The van der Waals surface area contributed by atoms with E-state index in [1.54, 1.807) is 0 Å². The van der Waals surface area contributed by atoms with E-state index in [1.165, 1.54) is 7.11 Å². The van der Waals surface area contributed by atoms with Crippen molar-refractivity contribution in [2.75, 3.05) is 13.7 Å². The van der Waals surface area contributed by atoms with Gasteiger partial charge in [0.05, 0.1) is 31.3 Å². The highest BCUT2D eigenvalue weighted by molar-refractivity contribution is 6.05. The van der Waals surface area contributed by atoms with E-state index >= 15 is 0 Å². The Labute approximate surface area is 208 Å². The Balaban J connectivity index is 1.82. The smallest absolute Gasteiger partial charge is 0.305 e. The van der Waals surface area contributed by atoms with E-state index < -0.39 is 33.9 Å². The lowest BCUT2D eigenvalue weighted by Crippen LogP contribution is -2.62. The Kier molecular flexibility index (Phi) is 6.43. The van der Waals surface area contributed by atoms with Crippen LogP contribution in [0.1, 0.15) is 79.6 Å². The van der Waals surface area contributed by atoms with E-state index in [0.29, 0.717) is 43.3 Å². The first-order chi connectivity index (χ1) is 16.2. The summed E-state index contributed by atoms with van der Waals surface area (Å²) < 4.78 is 4.80. The van der Waals surface area contributed by atoms with Crippen molar-refractivity contribution < 1.29 is 34.4 Å². The molecule has 4 aliphatic carbocycles. The average Bonchev–Trinajstić information content (AvgIpc) is 3.02. The summed E-state index contributed by atoms with van der Waals surface area (Å²) >= 11 is 0. The highest BCUT2D eigenvalue weighted by Crippen LogP contribution is 2.70. The van der Waals surface area contributed by atoms with Crippen LogP contribution in [0.4, 0.5) is 0 Å².